The number of hydrogen-bond acceptors (Lipinski definition) is 3. The van der Waals surface area contributed by atoms with Crippen molar-refractivity contribution in [3.8, 4) is 0 Å². The summed E-state index contributed by atoms with van der Waals surface area (Å²) >= 11 is 1.62. The molecule has 0 saturated carbocycles. The predicted molar refractivity (Wildman–Crippen MR) is 102 cm³/mol. The minimum absolute atomic E-state index is 0.0367. The second-order valence-corrected chi connectivity index (χ2v) is 6.94. The summed E-state index contributed by atoms with van der Waals surface area (Å²) in [6.07, 6.45) is 0.975. The molecule has 25 heavy (non-hydrogen) atoms. The summed E-state index contributed by atoms with van der Waals surface area (Å²) in [5.74, 6) is -0.113. The minimum atomic E-state index is -0.0767. The van der Waals surface area contributed by atoms with Gasteiger partial charge < -0.3 is 15.5 Å². The van der Waals surface area contributed by atoms with Gasteiger partial charge in [-0.05, 0) is 42.5 Å². The number of quaternary nitrogens is 1. The number of anilines is 1. The summed E-state index contributed by atoms with van der Waals surface area (Å²) in [5.41, 5.74) is 2.03. The fraction of sp³-hybridized carbons (Fsp3) is 0.368. The molecular formula is C19H26N3O2S+. The lowest BCUT2D eigenvalue weighted by Gasteiger charge is -2.17. The molecule has 0 saturated heterocycles. The average Bonchev–Trinajstić information content (AvgIpc) is 3.13. The standard InChI is InChI=1S/C19H25N3O2S/c1-3-15-7-9-16(10-8-15)21-19(24)14-22(4-2)13-18(23)20-12-17-6-5-11-25-17/h5-11H,3-4,12-14H2,1-2H3,(H,20,23)(H,21,24)/p+1. The lowest BCUT2D eigenvalue weighted by atomic mass is 10.1. The molecule has 0 bridgehead atoms. The molecule has 2 aromatic rings. The normalized spacial score (nSPS) is 11.8. The van der Waals surface area contributed by atoms with Crippen molar-refractivity contribution in [1.29, 1.82) is 0 Å². The van der Waals surface area contributed by atoms with Crippen LogP contribution in [0.1, 0.15) is 24.3 Å². The van der Waals surface area contributed by atoms with Crippen molar-refractivity contribution in [2.75, 3.05) is 25.0 Å². The van der Waals surface area contributed by atoms with Crippen molar-refractivity contribution in [2.45, 2.75) is 26.8 Å². The predicted octanol–water partition coefficient (Wildman–Crippen LogP) is 1.47. The van der Waals surface area contributed by atoms with Gasteiger partial charge in [-0.15, -0.1) is 11.3 Å². The average molecular weight is 361 g/mol. The highest BCUT2D eigenvalue weighted by atomic mass is 32.1. The Labute approximate surface area is 153 Å². The Morgan fingerprint density at radius 2 is 1.76 bits per heavy atom. The summed E-state index contributed by atoms with van der Waals surface area (Å²) in [6.45, 7) is 5.91. The molecule has 0 aliphatic rings. The van der Waals surface area contributed by atoms with Gasteiger partial charge in [-0.25, -0.2) is 0 Å². The van der Waals surface area contributed by atoms with E-state index in [0.29, 0.717) is 19.6 Å². The molecule has 0 spiro atoms. The number of carbonyl (C=O) groups excluding carboxylic acids is 2. The Hall–Kier alpha value is -2.18. The molecule has 2 rings (SSSR count). The van der Waals surface area contributed by atoms with Crippen LogP contribution >= 0.6 is 11.3 Å². The molecule has 5 nitrogen and oxygen atoms in total. The fourth-order valence-electron chi connectivity index (χ4n) is 2.46. The molecule has 1 heterocycles. The molecule has 1 unspecified atom stereocenters. The number of benzene rings is 1. The highest BCUT2D eigenvalue weighted by Crippen LogP contribution is 2.09. The molecule has 0 fully saturated rings. The first kappa shape index (κ1) is 19.1. The van der Waals surface area contributed by atoms with E-state index in [1.165, 1.54) is 5.56 Å². The molecule has 6 heteroatoms. The van der Waals surface area contributed by atoms with E-state index in [-0.39, 0.29) is 18.4 Å². The van der Waals surface area contributed by atoms with Crippen LogP contribution in [0.25, 0.3) is 0 Å². The number of rotatable bonds is 9. The van der Waals surface area contributed by atoms with Gasteiger partial charge in [0, 0.05) is 10.6 Å². The number of hydrogen-bond donors (Lipinski definition) is 3. The molecule has 2 amide bonds. The zero-order valence-electron chi connectivity index (χ0n) is 14.8. The van der Waals surface area contributed by atoms with Crippen LogP contribution in [0, 0.1) is 0 Å². The molecule has 134 valence electrons. The molecule has 0 aliphatic carbocycles. The van der Waals surface area contributed by atoms with Crippen molar-refractivity contribution in [1.82, 2.24) is 5.32 Å². The highest BCUT2D eigenvalue weighted by molar-refractivity contribution is 7.09. The maximum atomic E-state index is 12.2. The largest absolute Gasteiger partial charge is 0.346 e. The molecule has 0 radical (unpaired) electrons. The summed E-state index contributed by atoms with van der Waals surface area (Å²) in [4.78, 5) is 26.3. The van der Waals surface area contributed by atoms with Gasteiger partial charge in [0.15, 0.2) is 13.1 Å². The first-order valence-corrected chi connectivity index (χ1v) is 9.50. The Morgan fingerprint density at radius 3 is 2.36 bits per heavy atom. The third-order valence-corrected chi connectivity index (χ3v) is 4.88. The Morgan fingerprint density at radius 1 is 1.04 bits per heavy atom. The van der Waals surface area contributed by atoms with Crippen molar-refractivity contribution < 1.29 is 14.5 Å². The molecule has 1 aromatic heterocycles. The summed E-state index contributed by atoms with van der Waals surface area (Å²) in [5, 5.41) is 7.79. The van der Waals surface area contributed by atoms with E-state index in [2.05, 4.69) is 17.6 Å². The highest BCUT2D eigenvalue weighted by Gasteiger charge is 2.16. The van der Waals surface area contributed by atoms with Crippen LogP contribution in [0.2, 0.25) is 0 Å². The van der Waals surface area contributed by atoms with E-state index in [1.807, 2.05) is 48.7 Å². The monoisotopic (exact) mass is 360 g/mol. The molecule has 1 atom stereocenters. The van der Waals surface area contributed by atoms with E-state index < -0.39 is 0 Å². The smallest absolute Gasteiger partial charge is 0.279 e. The second-order valence-electron chi connectivity index (χ2n) is 5.91. The van der Waals surface area contributed by atoms with Crippen molar-refractivity contribution in [2.24, 2.45) is 0 Å². The van der Waals surface area contributed by atoms with Gasteiger partial charge in [-0.2, -0.15) is 0 Å². The van der Waals surface area contributed by atoms with E-state index in [0.717, 1.165) is 21.9 Å². The third kappa shape index (κ3) is 6.68. The maximum Gasteiger partial charge on any atom is 0.279 e. The zero-order chi connectivity index (χ0) is 18.1. The van der Waals surface area contributed by atoms with Crippen LogP contribution in [0.4, 0.5) is 5.69 Å². The third-order valence-electron chi connectivity index (χ3n) is 4.01. The van der Waals surface area contributed by atoms with Gasteiger partial charge in [0.05, 0.1) is 13.1 Å². The maximum absolute atomic E-state index is 12.2. The lowest BCUT2D eigenvalue weighted by Crippen LogP contribution is -3.13. The number of likely N-dealkylation sites (N-methyl/N-ethyl adjacent to an activating group) is 1. The van der Waals surface area contributed by atoms with Gasteiger partial charge in [0.25, 0.3) is 11.8 Å². The van der Waals surface area contributed by atoms with Crippen LogP contribution in [-0.4, -0.2) is 31.4 Å². The number of aryl methyl sites for hydroxylation is 1. The van der Waals surface area contributed by atoms with Crippen molar-refractivity contribution in [3.05, 3.63) is 52.2 Å². The topological polar surface area (TPSA) is 62.6 Å². The van der Waals surface area contributed by atoms with Gasteiger partial charge >= 0.3 is 0 Å². The van der Waals surface area contributed by atoms with Gasteiger partial charge in [-0.3, -0.25) is 9.59 Å². The second kappa shape index (κ2) is 9.96. The van der Waals surface area contributed by atoms with Gasteiger partial charge in [0.1, 0.15) is 0 Å². The van der Waals surface area contributed by atoms with Crippen molar-refractivity contribution in [3.63, 3.8) is 0 Å². The van der Waals surface area contributed by atoms with Crippen LogP contribution in [0.15, 0.2) is 41.8 Å². The van der Waals surface area contributed by atoms with Crippen molar-refractivity contribution >= 4 is 28.8 Å². The number of amides is 2. The Kier molecular flexibility index (Phi) is 7.63. The molecule has 0 aliphatic heterocycles. The molecule has 1 aromatic carbocycles. The van der Waals surface area contributed by atoms with Crippen LogP contribution < -0.4 is 15.5 Å². The molecular weight excluding hydrogens is 334 g/mol. The number of thiophene rings is 1. The fourth-order valence-corrected chi connectivity index (χ4v) is 3.10. The first-order valence-electron chi connectivity index (χ1n) is 8.62. The number of nitrogens with one attached hydrogen (secondary N) is 3. The van der Waals surface area contributed by atoms with Gasteiger partial charge in [0.2, 0.25) is 0 Å². The summed E-state index contributed by atoms with van der Waals surface area (Å²) in [6, 6.07) is 11.8. The van der Waals surface area contributed by atoms with Gasteiger partial charge in [-0.1, -0.05) is 25.1 Å². The molecule has 3 N–H and O–H groups in total. The summed E-state index contributed by atoms with van der Waals surface area (Å²) < 4.78 is 0. The lowest BCUT2D eigenvalue weighted by molar-refractivity contribution is -0.881. The zero-order valence-corrected chi connectivity index (χ0v) is 15.6. The van der Waals surface area contributed by atoms with E-state index in [9.17, 15) is 9.59 Å². The SMILES string of the molecule is CCc1ccc(NC(=O)C[NH+](CC)CC(=O)NCc2cccs2)cc1. The quantitative estimate of drug-likeness (QED) is 0.634. The van der Waals surface area contributed by atoms with E-state index in [4.69, 9.17) is 0 Å². The number of carbonyl (C=O) groups is 2. The first-order chi connectivity index (χ1) is 12.1. The van der Waals surface area contributed by atoms with Crippen LogP contribution in [0.3, 0.4) is 0 Å². The van der Waals surface area contributed by atoms with E-state index >= 15 is 0 Å². The Balaban J connectivity index is 1.77. The Bertz CT molecular complexity index is 668. The summed E-state index contributed by atoms with van der Waals surface area (Å²) in [7, 11) is 0. The van der Waals surface area contributed by atoms with Crippen LogP contribution in [0.5, 0.6) is 0 Å². The van der Waals surface area contributed by atoms with Crippen LogP contribution in [-0.2, 0) is 22.6 Å². The minimum Gasteiger partial charge on any atom is -0.346 e. The van der Waals surface area contributed by atoms with E-state index in [1.54, 1.807) is 11.3 Å².